The summed E-state index contributed by atoms with van der Waals surface area (Å²) in [6.07, 6.45) is 0.356. The fourth-order valence-electron chi connectivity index (χ4n) is 2.54. The van der Waals surface area contributed by atoms with Crippen LogP contribution in [0.2, 0.25) is 0 Å². The van der Waals surface area contributed by atoms with Crippen molar-refractivity contribution in [1.29, 1.82) is 0 Å². The number of nitrogens with zero attached hydrogens (tertiary/aromatic N) is 1. The highest BCUT2D eigenvalue weighted by Gasteiger charge is 2.10. The van der Waals surface area contributed by atoms with Gasteiger partial charge in [-0.1, -0.05) is 24.3 Å². The average Bonchev–Trinajstić information content (AvgIpc) is 2.64. The number of carbonyl (C=O) groups excluding carboxylic acids is 2. The van der Waals surface area contributed by atoms with Gasteiger partial charge in [0, 0.05) is 25.3 Å². The first-order valence-electron chi connectivity index (χ1n) is 8.71. The third-order valence-electron chi connectivity index (χ3n) is 4.07. The highest BCUT2D eigenvalue weighted by atomic mass is 16.3. The van der Waals surface area contributed by atoms with Crippen molar-refractivity contribution in [3.8, 4) is 5.75 Å². The van der Waals surface area contributed by atoms with Gasteiger partial charge in [-0.25, -0.2) is 4.79 Å². The van der Waals surface area contributed by atoms with Crippen LogP contribution in [0.3, 0.4) is 0 Å². The van der Waals surface area contributed by atoms with E-state index in [1.807, 2.05) is 26.0 Å². The molecule has 2 rings (SSSR count). The maximum absolute atomic E-state index is 12.1. The molecule has 0 radical (unpaired) electrons. The Kier molecular flexibility index (Phi) is 7.02. The zero-order valence-corrected chi connectivity index (χ0v) is 15.2. The molecule has 6 nitrogen and oxygen atoms in total. The molecule has 3 amide bonds. The number of amides is 3. The standard InChI is InChI=1S/C20H25N3O3/c1-3-23(4-2)19(25)13-15-5-9-17(10-6-15)22-20(26)21-14-16-7-11-18(24)12-8-16/h5-12,24H,3-4,13-14H2,1-2H3,(H2,21,22,26). The van der Waals surface area contributed by atoms with E-state index in [4.69, 9.17) is 0 Å². The number of hydrogen-bond acceptors (Lipinski definition) is 3. The highest BCUT2D eigenvalue weighted by molar-refractivity contribution is 5.89. The van der Waals surface area contributed by atoms with Gasteiger partial charge in [0.15, 0.2) is 0 Å². The molecule has 3 N–H and O–H groups in total. The van der Waals surface area contributed by atoms with Gasteiger partial charge in [-0.2, -0.15) is 0 Å². The first-order valence-corrected chi connectivity index (χ1v) is 8.71. The number of phenolic OH excluding ortho intramolecular Hbond substituents is 1. The smallest absolute Gasteiger partial charge is 0.319 e. The molecule has 0 atom stereocenters. The van der Waals surface area contributed by atoms with Crippen molar-refractivity contribution in [2.75, 3.05) is 18.4 Å². The zero-order valence-electron chi connectivity index (χ0n) is 15.2. The number of aromatic hydroxyl groups is 1. The summed E-state index contributed by atoms with van der Waals surface area (Å²) in [6.45, 7) is 5.70. The van der Waals surface area contributed by atoms with E-state index < -0.39 is 0 Å². The molecule has 2 aromatic carbocycles. The van der Waals surface area contributed by atoms with E-state index in [1.165, 1.54) is 0 Å². The third kappa shape index (κ3) is 5.81. The lowest BCUT2D eigenvalue weighted by Gasteiger charge is -2.18. The lowest BCUT2D eigenvalue weighted by Crippen LogP contribution is -2.31. The zero-order chi connectivity index (χ0) is 18.9. The fraction of sp³-hybridized carbons (Fsp3) is 0.300. The van der Waals surface area contributed by atoms with Gasteiger partial charge >= 0.3 is 6.03 Å². The van der Waals surface area contributed by atoms with Crippen molar-refractivity contribution >= 4 is 17.6 Å². The number of phenols is 1. The molecule has 0 bridgehead atoms. The molecular weight excluding hydrogens is 330 g/mol. The van der Waals surface area contributed by atoms with Crippen LogP contribution >= 0.6 is 0 Å². The number of hydrogen-bond donors (Lipinski definition) is 3. The van der Waals surface area contributed by atoms with Crippen LogP contribution in [0, 0.1) is 0 Å². The van der Waals surface area contributed by atoms with E-state index in [1.54, 1.807) is 41.3 Å². The van der Waals surface area contributed by atoms with Gasteiger partial charge in [-0.15, -0.1) is 0 Å². The summed E-state index contributed by atoms with van der Waals surface area (Å²) >= 11 is 0. The Morgan fingerprint density at radius 3 is 2.08 bits per heavy atom. The summed E-state index contributed by atoms with van der Waals surface area (Å²) in [5, 5.41) is 14.7. The van der Waals surface area contributed by atoms with Crippen molar-refractivity contribution in [1.82, 2.24) is 10.2 Å². The normalized spacial score (nSPS) is 10.2. The van der Waals surface area contributed by atoms with E-state index >= 15 is 0 Å². The average molecular weight is 355 g/mol. The van der Waals surface area contributed by atoms with Crippen LogP contribution in [0.25, 0.3) is 0 Å². The monoisotopic (exact) mass is 355 g/mol. The second-order valence-electron chi connectivity index (χ2n) is 5.91. The van der Waals surface area contributed by atoms with Crippen LogP contribution in [0.1, 0.15) is 25.0 Å². The summed E-state index contributed by atoms with van der Waals surface area (Å²) in [5.41, 5.74) is 2.47. The summed E-state index contributed by atoms with van der Waals surface area (Å²) in [6, 6.07) is 13.6. The van der Waals surface area contributed by atoms with Crippen molar-refractivity contribution in [3.05, 3.63) is 59.7 Å². The fourth-order valence-corrected chi connectivity index (χ4v) is 2.54. The molecule has 0 unspecified atom stereocenters. The van der Waals surface area contributed by atoms with E-state index in [0.717, 1.165) is 11.1 Å². The molecule has 6 heteroatoms. The van der Waals surface area contributed by atoms with E-state index in [-0.39, 0.29) is 17.7 Å². The number of rotatable bonds is 7. The number of urea groups is 1. The minimum Gasteiger partial charge on any atom is -0.508 e. The van der Waals surface area contributed by atoms with Gasteiger partial charge < -0.3 is 20.6 Å². The number of likely N-dealkylation sites (N-methyl/N-ethyl adjacent to an activating group) is 1. The summed E-state index contributed by atoms with van der Waals surface area (Å²) < 4.78 is 0. The number of carbonyl (C=O) groups is 2. The van der Waals surface area contributed by atoms with Crippen molar-refractivity contribution in [3.63, 3.8) is 0 Å². The molecule has 0 aromatic heterocycles. The number of nitrogens with one attached hydrogen (secondary N) is 2. The van der Waals surface area contributed by atoms with Crippen LogP contribution in [0.15, 0.2) is 48.5 Å². The predicted molar refractivity (Wildman–Crippen MR) is 102 cm³/mol. The summed E-state index contributed by atoms with van der Waals surface area (Å²) in [4.78, 5) is 25.9. The number of anilines is 1. The predicted octanol–water partition coefficient (Wildman–Crippen LogP) is 3.12. The largest absolute Gasteiger partial charge is 0.508 e. The minimum atomic E-state index is -0.315. The van der Waals surface area contributed by atoms with Gasteiger partial charge in [0.05, 0.1) is 6.42 Å². The SMILES string of the molecule is CCN(CC)C(=O)Cc1ccc(NC(=O)NCc2ccc(O)cc2)cc1. The molecule has 0 aliphatic rings. The van der Waals surface area contributed by atoms with Gasteiger partial charge in [0.2, 0.25) is 5.91 Å². The molecule has 26 heavy (non-hydrogen) atoms. The third-order valence-corrected chi connectivity index (χ3v) is 4.07. The van der Waals surface area contributed by atoms with Crippen molar-refractivity contribution < 1.29 is 14.7 Å². The molecular formula is C20H25N3O3. The minimum absolute atomic E-state index is 0.0994. The first-order chi connectivity index (χ1) is 12.5. The van der Waals surface area contributed by atoms with Gasteiger partial charge in [0.25, 0.3) is 0 Å². The van der Waals surface area contributed by atoms with Crippen LogP contribution < -0.4 is 10.6 Å². The molecule has 0 heterocycles. The van der Waals surface area contributed by atoms with Crippen LogP contribution in [-0.2, 0) is 17.8 Å². The lowest BCUT2D eigenvalue weighted by molar-refractivity contribution is -0.130. The first kappa shape index (κ1) is 19.3. The van der Waals surface area contributed by atoms with E-state index in [9.17, 15) is 14.7 Å². The lowest BCUT2D eigenvalue weighted by atomic mass is 10.1. The maximum atomic E-state index is 12.1. The Hall–Kier alpha value is -3.02. The quantitative estimate of drug-likeness (QED) is 0.714. The van der Waals surface area contributed by atoms with Crippen molar-refractivity contribution in [2.24, 2.45) is 0 Å². The van der Waals surface area contributed by atoms with Gasteiger partial charge in [0.1, 0.15) is 5.75 Å². The molecule has 0 fully saturated rings. The highest BCUT2D eigenvalue weighted by Crippen LogP contribution is 2.12. The van der Waals surface area contributed by atoms with Crippen LogP contribution in [0.5, 0.6) is 5.75 Å². The molecule has 0 aliphatic heterocycles. The number of benzene rings is 2. The van der Waals surface area contributed by atoms with E-state index in [0.29, 0.717) is 31.7 Å². The van der Waals surface area contributed by atoms with E-state index in [2.05, 4.69) is 10.6 Å². The maximum Gasteiger partial charge on any atom is 0.319 e. The molecule has 0 saturated heterocycles. The second kappa shape index (κ2) is 9.46. The Morgan fingerprint density at radius 2 is 1.50 bits per heavy atom. The van der Waals surface area contributed by atoms with Gasteiger partial charge in [-0.05, 0) is 49.2 Å². The summed E-state index contributed by atoms with van der Waals surface area (Å²) in [5.74, 6) is 0.292. The molecule has 138 valence electrons. The second-order valence-corrected chi connectivity index (χ2v) is 5.91. The van der Waals surface area contributed by atoms with Crippen molar-refractivity contribution in [2.45, 2.75) is 26.8 Å². The Balaban J connectivity index is 1.83. The Morgan fingerprint density at radius 1 is 0.923 bits per heavy atom. The van der Waals surface area contributed by atoms with Crippen LogP contribution in [-0.4, -0.2) is 35.0 Å². The summed E-state index contributed by atoms with van der Waals surface area (Å²) in [7, 11) is 0. The van der Waals surface area contributed by atoms with Crippen LogP contribution in [0.4, 0.5) is 10.5 Å². The molecule has 0 saturated carbocycles. The Bertz CT molecular complexity index is 723. The molecule has 2 aromatic rings. The molecule has 0 aliphatic carbocycles. The van der Waals surface area contributed by atoms with Gasteiger partial charge in [-0.3, -0.25) is 4.79 Å². The Labute approximate surface area is 153 Å². The molecule has 0 spiro atoms. The topological polar surface area (TPSA) is 81.7 Å².